The molecule has 0 aliphatic carbocycles. The van der Waals surface area contributed by atoms with Crippen LogP contribution in [0.1, 0.15) is 10.5 Å². The number of carboxylic acid groups (broad SMARTS) is 1. The van der Waals surface area contributed by atoms with Crippen molar-refractivity contribution in [2.45, 2.75) is 0 Å². The summed E-state index contributed by atoms with van der Waals surface area (Å²) in [5.41, 5.74) is 0.738. The van der Waals surface area contributed by atoms with Crippen molar-refractivity contribution in [2.24, 2.45) is 0 Å². The normalized spacial score (nSPS) is 10.3. The number of ether oxygens (including phenoxy) is 1. The van der Waals surface area contributed by atoms with Crippen molar-refractivity contribution in [1.29, 1.82) is 0 Å². The van der Waals surface area contributed by atoms with Crippen LogP contribution in [0.2, 0.25) is 0 Å². The Morgan fingerprint density at radius 2 is 1.90 bits per heavy atom. The molecule has 3 aromatic rings. The molecule has 1 aromatic carbocycles. The zero-order chi connectivity index (χ0) is 14.7. The third-order valence-electron chi connectivity index (χ3n) is 2.63. The van der Waals surface area contributed by atoms with Crippen LogP contribution in [0.3, 0.4) is 0 Å². The number of carbonyl (C=O) groups is 1. The van der Waals surface area contributed by atoms with E-state index in [1.807, 2.05) is 30.3 Å². The molecule has 0 amide bonds. The van der Waals surface area contributed by atoms with Crippen LogP contribution in [0.25, 0.3) is 5.69 Å². The van der Waals surface area contributed by atoms with Crippen molar-refractivity contribution in [3.8, 4) is 17.6 Å². The highest BCUT2D eigenvalue weighted by Gasteiger charge is 2.09. The number of rotatable bonds is 4. The van der Waals surface area contributed by atoms with E-state index in [1.165, 1.54) is 18.5 Å². The molecule has 0 bridgehead atoms. The molecule has 0 atom stereocenters. The molecule has 104 valence electrons. The molecule has 21 heavy (non-hydrogen) atoms. The monoisotopic (exact) mass is 282 g/mol. The molecule has 2 aromatic heterocycles. The predicted octanol–water partition coefficient (Wildman–Crippen LogP) is 2.15. The van der Waals surface area contributed by atoms with Gasteiger partial charge >= 0.3 is 12.0 Å². The van der Waals surface area contributed by atoms with Gasteiger partial charge in [-0.1, -0.05) is 24.3 Å². The molecule has 7 nitrogen and oxygen atoms in total. The first kappa shape index (κ1) is 12.8. The van der Waals surface area contributed by atoms with Crippen molar-refractivity contribution in [3.05, 3.63) is 60.6 Å². The Kier molecular flexibility index (Phi) is 3.30. The summed E-state index contributed by atoms with van der Waals surface area (Å²) in [6, 6.07) is 14.0. The van der Waals surface area contributed by atoms with Crippen LogP contribution in [0, 0.1) is 0 Å². The Hall–Kier alpha value is -3.22. The number of hydrogen-bond donors (Lipinski definition) is 1. The summed E-state index contributed by atoms with van der Waals surface area (Å²) in [6.07, 6.45) is 1.51. The van der Waals surface area contributed by atoms with Crippen molar-refractivity contribution in [1.82, 2.24) is 19.7 Å². The lowest BCUT2D eigenvalue weighted by molar-refractivity contribution is 0.0689. The predicted molar refractivity (Wildman–Crippen MR) is 72.6 cm³/mol. The Labute approximate surface area is 119 Å². The van der Waals surface area contributed by atoms with E-state index in [0.717, 1.165) is 5.69 Å². The van der Waals surface area contributed by atoms with Gasteiger partial charge in [-0.15, -0.1) is 5.10 Å². The number of para-hydroxylation sites is 1. The summed E-state index contributed by atoms with van der Waals surface area (Å²) in [5.74, 6) is -0.996. The Balaban J connectivity index is 1.82. The van der Waals surface area contributed by atoms with Crippen LogP contribution >= 0.6 is 0 Å². The second-order valence-corrected chi connectivity index (χ2v) is 4.08. The van der Waals surface area contributed by atoms with Crippen molar-refractivity contribution in [3.63, 3.8) is 0 Å². The maximum absolute atomic E-state index is 10.8. The highest BCUT2D eigenvalue weighted by molar-refractivity contribution is 5.85. The number of hydrogen-bond acceptors (Lipinski definition) is 5. The van der Waals surface area contributed by atoms with Gasteiger partial charge in [-0.3, -0.25) is 0 Å². The lowest BCUT2D eigenvalue weighted by atomic mass is 10.3. The number of carboxylic acids is 1. The first-order valence-corrected chi connectivity index (χ1v) is 6.08. The minimum atomic E-state index is -1.12. The summed E-state index contributed by atoms with van der Waals surface area (Å²) in [7, 11) is 0. The Morgan fingerprint density at radius 1 is 1.10 bits per heavy atom. The second kappa shape index (κ2) is 5.41. The second-order valence-electron chi connectivity index (χ2n) is 4.08. The SMILES string of the molecule is O=C(O)c1cccc(Oc2ncn(-c3ccccc3)n2)n1. The van der Waals surface area contributed by atoms with Crippen LogP contribution in [0.5, 0.6) is 11.9 Å². The Morgan fingerprint density at radius 3 is 2.67 bits per heavy atom. The molecule has 0 aliphatic heterocycles. The maximum Gasteiger partial charge on any atom is 0.354 e. The number of aromatic nitrogens is 4. The van der Waals surface area contributed by atoms with Crippen LogP contribution in [-0.2, 0) is 0 Å². The fourth-order valence-electron chi connectivity index (χ4n) is 1.68. The van der Waals surface area contributed by atoms with E-state index in [4.69, 9.17) is 9.84 Å². The van der Waals surface area contributed by atoms with E-state index in [0.29, 0.717) is 0 Å². The van der Waals surface area contributed by atoms with Crippen LogP contribution in [0.4, 0.5) is 0 Å². The van der Waals surface area contributed by atoms with Gasteiger partial charge in [0.05, 0.1) is 5.69 Å². The molecular weight excluding hydrogens is 272 g/mol. The summed E-state index contributed by atoms with van der Waals surface area (Å²) < 4.78 is 6.91. The van der Waals surface area contributed by atoms with Crippen LogP contribution in [-0.4, -0.2) is 30.8 Å². The lowest BCUT2D eigenvalue weighted by Gasteiger charge is -2.01. The van der Waals surface area contributed by atoms with Crippen LogP contribution < -0.4 is 4.74 Å². The highest BCUT2D eigenvalue weighted by atomic mass is 16.5. The van der Waals surface area contributed by atoms with Gasteiger partial charge in [0.15, 0.2) is 5.69 Å². The molecule has 3 rings (SSSR count). The average molecular weight is 282 g/mol. The van der Waals surface area contributed by atoms with Crippen molar-refractivity contribution in [2.75, 3.05) is 0 Å². The van der Waals surface area contributed by atoms with E-state index in [2.05, 4.69) is 15.1 Å². The fraction of sp³-hybridized carbons (Fsp3) is 0. The fourth-order valence-corrected chi connectivity index (χ4v) is 1.68. The summed E-state index contributed by atoms with van der Waals surface area (Å²) in [5, 5.41) is 13.0. The quantitative estimate of drug-likeness (QED) is 0.788. The topological polar surface area (TPSA) is 90.1 Å². The first-order chi connectivity index (χ1) is 10.2. The number of pyridine rings is 1. The largest absolute Gasteiger partial charge is 0.477 e. The van der Waals surface area contributed by atoms with Gasteiger partial charge in [0.1, 0.15) is 6.33 Å². The van der Waals surface area contributed by atoms with Crippen LogP contribution in [0.15, 0.2) is 54.9 Å². The molecule has 7 heteroatoms. The van der Waals surface area contributed by atoms with Gasteiger partial charge in [-0.2, -0.15) is 4.98 Å². The highest BCUT2D eigenvalue weighted by Crippen LogP contribution is 2.16. The number of benzene rings is 1. The van der Waals surface area contributed by atoms with Crippen molar-refractivity contribution < 1.29 is 14.6 Å². The van der Waals surface area contributed by atoms with Gasteiger partial charge in [0.25, 0.3) is 0 Å². The summed E-state index contributed by atoms with van der Waals surface area (Å²) in [4.78, 5) is 18.7. The molecule has 1 N–H and O–H groups in total. The van der Waals surface area contributed by atoms with E-state index in [1.54, 1.807) is 10.7 Å². The molecule has 2 heterocycles. The van der Waals surface area contributed by atoms with Gasteiger partial charge in [-0.25, -0.2) is 14.5 Å². The molecule has 0 spiro atoms. The average Bonchev–Trinajstić information content (AvgIpc) is 2.97. The van der Waals surface area contributed by atoms with E-state index >= 15 is 0 Å². The maximum atomic E-state index is 10.8. The standard InChI is InChI=1S/C14H10N4O3/c19-13(20)11-7-4-8-12(16-11)21-14-15-9-18(17-14)10-5-2-1-3-6-10/h1-9H,(H,19,20). The molecule has 0 radical (unpaired) electrons. The van der Waals surface area contributed by atoms with Crippen molar-refractivity contribution >= 4 is 5.97 Å². The van der Waals surface area contributed by atoms with E-state index in [9.17, 15) is 4.79 Å². The molecule has 0 unspecified atom stereocenters. The van der Waals surface area contributed by atoms with E-state index < -0.39 is 5.97 Å². The molecule has 0 saturated carbocycles. The van der Waals surface area contributed by atoms with Gasteiger partial charge < -0.3 is 9.84 Å². The molecule has 0 fully saturated rings. The number of aromatic carboxylic acids is 1. The Bertz CT molecular complexity index is 771. The lowest BCUT2D eigenvalue weighted by Crippen LogP contribution is -2.01. The minimum Gasteiger partial charge on any atom is -0.477 e. The third kappa shape index (κ3) is 2.86. The third-order valence-corrected chi connectivity index (χ3v) is 2.63. The molecule has 0 saturated heterocycles. The molecule has 0 aliphatic rings. The summed E-state index contributed by atoms with van der Waals surface area (Å²) >= 11 is 0. The smallest absolute Gasteiger partial charge is 0.354 e. The van der Waals surface area contributed by atoms with Gasteiger partial charge in [0.2, 0.25) is 5.88 Å². The first-order valence-electron chi connectivity index (χ1n) is 6.08. The van der Waals surface area contributed by atoms with E-state index in [-0.39, 0.29) is 17.6 Å². The van der Waals surface area contributed by atoms with Gasteiger partial charge in [0, 0.05) is 6.07 Å². The number of nitrogens with zero attached hydrogens (tertiary/aromatic N) is 4. The van der Waals surface area contributed by atoms with Gasteiger partial charge in [-0.05, 0) is 18.2 Å². The minimum absolute atomic E-state index is 0.0916. The zero-order valence-corrected chi connectivity index (χ0v) is 10.7. The molecular formula is C14H10N4O3. The summed E-state index contributed by atoms with van der Waals surface area (Å²) in [6.45, 7) is 0. The zero-order valence-electron chi connectivity index (χ0n) is 10.7.